The summed E-state index contributed by atoms with van der Waals surface area (Å²) in [7, 11) is 1.65. The number of rotatable bonds is 4. The summed E-state index contributed by atoms with van der Waals surface area (Å²) in [5, 5.41) is 0. The predicted octanol–water partition coefficient (Wildman–Crippen LogP) is 4.11. The minimum Gasteiger partial charge on any atom is -0.496 e. The van der Waals surface area contributed by atoms with Gasteiger partial charge in [0.25, 0.3) is 0 Å². The van der Waals surface area contributed by atoms with Gasteiger partial charge in [-0.3, -0.25) is 4.79 Å². The Labute approximate surface area is 120 Å². The highest BCUT2D eigenvalue weighted by molar-refractivity contribution is 6.11. The second-order valence-corrected chi connectivity index (χ2v) is 4.98. The largest absolute Gasteiger partial charge is 0.496 e. The van der Waals surface area contributed by atoms with E-state index in [0.29, 0.717) is 0 Å². The Hall–Kier alpha value is -2.09. The van der Waals surface area contributed by atoms with Crippen molar-refractivity contribution < 1.29 is 9.53 Å². The van der Waals surface area contributed by atoms with Crippen molar-refractivity contribution in [3.05, 3.63) is 64.2 Å². The molecule has 0 amide bonds. The number of carbonyl (C=O) groups excluding carboxylic acids is 1. The van der Waals surface area contributed by atoms with Crippen LogP contribution in [0.3, 0.4) is 0 Å². The Balaban J connectivity index is 2.51. The molecule has 0 saturated heterocycles. The van der Waals surface area contributed by atoms with Crippen molar-refractivity contribution in [1.29, 1.82) is 0 Å². The van der Waals surface area contributed by atoms with Crippen LogP contribution in [0.25, 0.3) is 0 Å². The zero-order valence-corrected chi connectivity index (χ0v) is 12.5. The minimum absolute atomic E-state index is 0.0886. The van der Waals surface area contributed by atoms with Crippen LogP contribution in [-0.2, 0) is 6.42 Å². The molecule has 0 saturated carbocycles. The van der Waals surface area contributed by atoms with Crippen molar-refractivity contribution in [3.8, 4) is 5.75 Å². The molecule has 0 radical (unpaired) electrons. The maximum absolute atomic E-state index is 12.8. The molecule has 0 aromatic heterocycles. The third kappa shape index (κ3) is 2.60. The van der Waals surface area contributed by atoms with Gasteiger partial charge < -0.3 is 4.74 Å². The summed E-state index contributed by atoms with van der Waals surface area (Å²) in [6.07, 6.45) is 0.857. The second-order valence-electron chi connectivity index (χ2n) is 4.98. The van der Waals surface area contributed by atoms with Crippen LogP contribution in [0.4, 0.5) is 0 Å². The van der Waals surface area contributed by atoms with Gasteiger partial charge in [0.2, 0.25) is 0 Å². The molecule has 0 atom stereocenters. The molecule has 0 bridgehead atoms. The second kappa shape index (κ2) is 5.91. The SMILES string of the molecule is CCc1ccccc1C(=O)c1cc(C)c(OC)cc1C. The van der Waals surface area contributed by atoms with E-state index in [-0.39, 0.29) is 5.78 Å². The van der Waals surface area contributed by atoms with Gasteiger partial charge >= 0.3 is 0 Å². The molecule has 2 nitrogen and oxygen atoms in total. The number of benzene rings is 2. The van der Waals surface area contributed by atoms with Gasteiger partial charge in [0.15, 0.2) is 5.78 Å². The van der Waals surface area contributed by atoms with Gasteiger partial charge in [-0.15, -0.1) is 0 Å². The van der Waals surface area contributed by atoms with E-state index in [2.05, 4.69) is 6.92 Å². The highest BCUT2D eigenvalue weighted by Gasteiger charge is 2.16. The van der Waals surface area contributed by atoms with E-state index in [0.717, 1.165) is 40.0 Å². The lowest BCUT2D eigenvalue weighted by molar-refractivity contribution is 0.103. The molecule has 0 aliphatic carbocycles. The molecule has 2 heteroatoms. The van der Waals surface area contributed by atoms with Gasteiger partial charge in [-0.05, 0) is 49.1 Å². The van der Waals surface area contributed by atoms with Crippen molar-refractivity contribution in [2.45, 2.75) is 27.2 Å². The first kappa shape index (κ1) is 14.3. The van der Waals surface area contributed by atoms with Crippen molar-refractivity contribution >= 4 is 5.78 Å². The van der Waals surface area contributed by atoms with Crippen LogP contribution >= 0.6 is 0 Å². The van der Waals surface area contributed by atoms with E-state index >= 15 is 0 Å². The van der Waals surface area contributed by atoms with Gasteiger partial charge in [-0.25, -0.2) is 0 Å². The van der Waals surface area contributed by atoms with Crippen LogP contribution in [0.5, 0.6) is 5.75 Å². The van der Waals surface area contributed by atoms with E-state index in [4.69, 9.17) is 4.74 Å². The molecular weight excluding hydrogens is 248 g/mol. The van der Waals surface area contributed by atoms with E-state index < -0.39 is 0 Å². The van der Waals surface area contributed by atoms with Crippen LogP contribution < -0.4 is 4.74 Å². The normalized spacial score (nSPS) is 10.4. The quantitative estimate of drug-likeness (QED) is 0.780. The van der Waals surface area contributed by atoms with Gasteiger partial charge in [-0.2, -0.15) is 0 Å². The average molecular weight is 268 g/mol. The highest BCUT2D eigenvalue weighted by Crippen LogP contribution is 2.25. The van der Waals surface area contributed by atoms with Crippen molar-refractivity contribution in [2.24, 2.45) is 0 Å². The molecular formula is C18H20O2. The molecule has 20 heavy (non-hydrogen) atoms. The third-order valence-corrected chi connectivity index (χ3v) is 3.63. The zero-order chi connectivity index (χ0) is 14.7. The minimum atomic E-state index is 0.0886. The number of aryl methyl sites for hydroxylation is 3. The highest BCUT2D eigenvalue weighted by atomic mass is 16.5. The molecule has 0 aliphatic heterocycles. The lowest BCUT2D eigenvalue weighted by Crippen LogP contribution is -2.07. The first-order valence-corrected chi connectivity index (χ1v) is 6.86. The number of hydrogen-bond donors (Lipinski definition) is 0. The molecule has 2 aromatic rings. The topological polar surface area (TPSA) is 26.3 Å². The summed E-state index contributed by atoms with van der Waals surface area (Å²) in [6, 6.07) is 11.7. The lowest BCUT2D eigenvalue weighted by atomic mass is 9.93. The fraction of sp³-hybridized carbons (Fsp3) is 0.278. The Morgan fingerprint density at radius 3 is 2.40 bits per heavy atom. The Bertz CT molecular complexity index is 642. The van der Waals surface area contributed by atoms with Crippen molar-refractivity contribution in [1.82, 2.24) is 0 Å². The molecule has 104 valence electrons. The summed E-state index contributed by atoms with van der Waals surface area (Å²) < 4.78 is 5.30. The van der Waals surface area contributed by atoms with E-state index in [1.54, 1.807) is 7.11 Å². The van der Waals surface area contributed by atoms with Crippen LogP contribution in [-0.4, -0.2) is 12.9 Å². The number of ether oxygens (including phenoxy) is 1. The molecule has 0 fully saturated rings. The van der Waals surface area contributed by atoms with Crippen molar-refractivity contribution in [2.75, 3.05) is 7.11 Å². The average Bonchev–Trinajstić information content (AvgIpc) is 2.48. The summed E-state index contributed by atoms with van der Waals surface area (Å²) in [4.78, 5) is 12.8. The first-order chi connectivity index (χ1) is 9.58. The van der Waals surface area contributed by atoms with Gasteiger partial charge in [0.1, 0.15) is 5.75 Å². The molecule has 0 spiro atoms. The molecule has 0 unspecified atom stereocenters. The first-order valence-electron chi connectivity index (χ1n) is 6.86. The predicted molar refractivity (Wildman–Crippen MR) is 81.7 cm³/mol. The standard InChI is InChI=1S/C18H20O2/c1-5-14-8-6-7-9-15(14)18(19)16-10-13(3)17(20-4)11-12(16)2/h6-11H,5H2,1-4H3. The number of ketones is 1. The summed E-state index contributed by atoms with van der Waals surface area (Å²) in [6.45, 7) is 5.97. The van der Waals surface area contributed by atoms with E-state index in [1.165, 1.54) is 0 Å². The molecule has 0 aliphatic rings. The maximum atomic E-state index is 12.8. The smallest absolute Gasteiger partial charge is 0.193 e. The third-order valence-electron chi connectivity index (χ3n) is 3.63. The number of carbonyl (C=O) groups is 1. The zero-order valence-electron chi connectivity index (χ0n) is 12.5. The lowest BCUT2D eigenvalue weighted by Gasteiger charge is -2.12. The van der Waals surface area contributed by atoms with Crippen LogP contribution in [0, 0.1) is 13.8 Å². The fourth-order valence-corrected chi connectivity index (χ4v) is 2.45. The molecule has 2 aromatic carbocycles. The van der Waals surface area contributed by atoms with Crippen LogP contribution in [0.2, 0.25) is 0 Å². The van der Waals surface area contributed by atoms with Crippen LogP contribution in [0.15, 0.2) is 36.4 Å². The molecule has 2 rings (SSSR count). The van der Waals surface area contributed by atoms with Crippen LogP contribution in [0.1, 0.15) is 39.5 Å². The fourth-order valence-electron chi connectivity index (χ4n) is 2.45. The monoisotopic (exact) mass is 268 g/mol. The van der Waals surface area contributed by atoms with Crippen molar-refractivity contribution in [3.63, 3.8) is 0 Å². The van der Waals surface area contributed by atoms with Gasteiger partial charge in [-0.1, -0.05) is 31.2 Å². The van der Waals surface area contributed by atoms with Gasteiger partial charge in [0, 0.05) is 11.1 Å². The number of hydrogen-bond acceptors (Lipinski definition) is 2. The number of methoxy groups -OCH3 is 1. The Kier molecular flexibility index (Phi) is 4.23. The van der Waals surface area contributed by atoms with E-state index in [1.807, 2.05) is 50.2 Å². The summed E-state index contributed by atoms with van der Waals surface area (Å²) in [5.41, 5.74) is 4.57. The van der Waals surface area contributed by atoms with E-state index in [9.17, 15) is 4.79 Å². The van der Waals surface area contributed by atoms with Gasteiger partial charge in [0.05, 0.1) is 7.11 Å². The maximum Gasteiger partial charge on any atom is 0.193 e. The Morgan fingerprint density at radius 1 is 1.05 bits per heavy atom. The summed E-state index contributed by atoms with van der Waals surface area (Å²) in [5.74, 6) is 0.911. The molecule has 0 heterocycles. The Morgan fingerprint density at radius 2 is 1.75 bits per heavy atom. The summed E-state index contributed by atoms with van der Waals surface area (Å²) >= 11 is 0. The molecule has 0 N–H and O–H groups in total.